The molecule has 0 aromatic heterocycles. The van der Waals surface area contributed by atoms with Gasteiger partial charge in [-0.3, -0.25) is 19.7 Å². The number of amides is 3. The van der Waals surface area contributed by atoms with Crippen molar-refractivity contribution in [2.45, 2.75) is 38.5 Å². The number of anilines is 1. The maximum absolute atomic E-state index is 13.1. The Labute approximate surface area is 179 Å². The van der Waals surface area contributed by atoms with Crippen LogP contribution in [0.3, 0.4) is 0 Å². The van der Waals surface area contributed by atoms with Crippen LogP contribution in [0.5, 0.6) is 5.75 Å². The second-order valence-electron chi connectivity index (χ2n) is 8.17. The summed E-state index contributed by atoms with van der Waals surface area (Å²) in [6.45, 7) is 2.84. The van der Waals surface area contributed by atoms with Gasteiger partial charge in [0.1, 0.15) is 18.4 Å². The van der Waals surface area contributed by atoms with Crippen LogP contribution in [0.1, 0.15) is 39.9 Å². The van der Waals surface area contributed by atoms with E-state index in [2.05, 4.69) is 16.3 Å². The van der Waals surface area contributed by atoms with Crippen molar-refractivity contribution < 1.29 is 19.1 Å². The lowest BCUT2D eigenvalue weighted by molar-refractivity contribution is -0.136. The van der Waals surface area contributed by atoms with Crippen LogP contribution in [-0.2, 0) is 29.2 Å². The van der Waals surface area contributed by atoms with Gasteiger partial charge < -0.3 is 20.3 Å². The molecule has 31 heavy (non-hydrogen) atoms. The number of carbonyl (C=O) groups is 3. The van der Waals surface area contributed by atoms with Gasteiger partial charge in [-0.1, -0.05) is 18.2 Å². The third-order valence-electron chi connectivity index (χ3n) is 6.18. The Hall–Kier alpha value is -3.39. The van der Waals surface area contributed by atoms with E-state index in [0.29, 0.717) is 38.2 Å². The lowest BCUT2D eigenvalue weighted by Gasteiger charge is -2.31. The highest BCUT2D eigenvalue weighted by Gasteiger charge is 2.39. The Morgan fingerprint density at radius 2 is 1.94 bits per heavy atom. The Balaban J connectivity index is 1.36. The lowest BCUT2D eigenvalue weighted by atomic mass is 10.0. The number of nitrogens with two attached hydrogens (primary N) is 1. The van der Waals surface area contributed by atoms with Crippen LogP contribution in [0.2, 0.25) is 0 Å². The Bertz CT molecular complexity index is 1080. The zero-order chi connectivity index (χ0) is 21.5. The minimum absolute atomic E-state index is 0.154. The van der Waals surface area contributed by atoms with E-state index in [1.54, 1.807) is 4.90 Å². The monoisotopic (exact) mass is 420 g/mol. The molecule has 1 saturated heterocycles. The van der Waals surface area contributed by atoms with Gasteiger partial charge in [0.25, 0.3) is 5.91 Å². The number of carbonyl (C=O) groups excluding carboxylic acids is 3. The van der Waals surface area contributed by atoms with Crippen LogP contribution in [0, 0.1) is 0 Å². The highest BCUT2D eigenvalue weighted by atomic mass is 16.5. The minimum atomic E-state index is -0.596. The first kappa shape index (κ1) is 19.6. The van der Waals surface area contributed by atoms with Crippen molar-refractivity contribution in [1.82, 2.24) is 10.2 Å². The largest absolute Gasteiger partial charge is 0.490 e. The number of hydrogen-bond acceptors (Lipinski definition) is 6. The summed E-state index contributed by atoms with van der Waals surface area (Å²) in [6, 6.07) is 11.3. The predicted octanol–water partition coefficient (Wildman–Crippen LogP) is 1.31. The van der Waals surface area contributed by atoms with Crippen molar-refractivity contribution in [2.75, 3.05) is 18.1 Å². The fourth-order valence-corrected chi connectivity index (χ4v) is 4.53. The van der Waals surface area contributed by atoms with Gasteiger partial charge in [-0.25, -0.2) is 0 Å². The number of fused-ring (bicyclic) bond motifs is 2. The number of hydrogen-bond donors (Lipinski definition) is 2. The smallest absolute Gasteiger partial charge is 0.255 e. The molecule has 1 atom stereocenters. The summed E-state index contributed by atoms with van der Waals surface area (Å²) in [7, 11) is 0. The molecule has 0 saturated carbocycles. The van der Waals surface area contributed by atoms with Crippen LogP contribution in [-0.4, -0.2) is 41.8 Å². The van der Waals surface area contributed by atoms with Crippen LogP contribution >= 0.6 is 0 Å². The second-order valence-corrected chi connectivity index (χ2v) is 8.17. The van der Waals surface area contributed by atoms with Gasteiger partial charge in [0.05, 0.1) is 12.2 Å². The van der Waals surface area contributed by atoms with E-state index in [1.165, 1.54) is 0 Å². The van der Waals surface area contributed by atoms with Gasteiger partial charge in [-0.05, 0) is 41.3 Å². The predicted molar refractivity (Wildman–Crippen MR) is 113 cm³/mol. The molecule has 3 heterocycles. The Morgan fingerprint density at radius 3 is 2.74 bits per heavy atom. The van der Waals surface area contributed by atoms with Crippen molar-refractivity contribution in [2.24, 2.45) is 5.73 Å². The first-order valence-electron chi connectivity index (χ1n) is 10.5. The van der Waals surface area contributed by atoms with E-state index >= 15 is 0 Å². The molecule has 2 aromatic rings. The highest BCUT2D eigenvalue weighted by Crippen LogP contribution is 2.34. The molecule has 5 rings (SSSR count). The van der Waals surface area contributed by atoms with Crippen molar-refractivity contribution in [3.05, 3.63) is 58.7 Å². The summed E-state index contributed by atoms with van der Waals surface area (Å²) in [5, 5.41) is 2.34. The number of nitrogens with zero attached hydrogens (tertiary/aromatic N) is 2. The zero-order valence-corrected chi connectivity index (χ0v) is 17.1. The number of rotatable bonds is 4. The molecular weight excluding hydrogens is 396 g/mol. The van der Waals surface area contributed by atoms with Crippen molar-refractivity contribution in [3.8, 4) is 5.75 Å². The van der Waals surface area contributed by atoms with Gasteiger partial charge in [0.15, 0.2) is 0 Å². The highest BCUT2D eigenvalue weighted by molar-refractivity contribution is 6.05. The van der Waals surface area contributed by atoms with Crippen LogP contribution in [0.15, 0.2) is 36.4 Å². The normalized spacial score (nSPS) is 20.3. The number of imide groups is 1. The molecule has 1 unspecified atom stereocenters. The van der Waals surface area contributed by atoms with E-state index in [1.807, 2.05) is 30.3 Å². The minimum Gasteiger partial charge on any atom is -0.490 e. The van der Waals surface area contributed by atoms with E-state index < -0.39 is 11.9 Å². The fourth-order valence-electron chi connectivity index (χ4n) is 4.53. The van der Waals surface area contributed by atoms with Gasteiger partial charge >= 0.3 is 0 Å². The maximum atomic E-state index is 13.1. The molecule has 3 amide bonds. The molecule has 160 valence electrons. The van der Waals surface area contributed by atoms with Crippen molar-refractivity contribution in [3.63, 3.8) is 0 Å². The first-order valence-corrected chi connectivity index (χ1v) is 10.5. The average Bonchev–Trinajstić information content (AvgIpc) is 3.09. The molecule has 3 aliphatic rings. The van der Waals surface area contributed by atoms with Gasteiger partial charge in [0.2, 0.25) is 11.8 Å². The second kappa shape index (κ2) is 7.70. The molecule has 0 bridgehead atoms. The standard InChI is InChI=1S/C23H24N4O4/c24-11-14-2-5-20-19(10-14)26(7-8-31-20)12-15-1-3-16-13-27(23(30)17(16)9-15)18-4-6-21(28)25-22(18)29/h1-3,5,9-10,18H,4,6-8,11-13,24H2,(H,25,28,29). The summed E-state index contributed by atoms with van der Waals surface area (Å²) >= 11 is 0. The summed E-state index contributed by atoms with van der Waals surface area (Å²) < 4.78 is 5.78. The molecule has 1 fully saturated rings. The maximum Gasteiger partial charge on any atom is 0.255 e. The van der Waals surface area contributed by atoms with E-state index in [9.17, 15) is 14.4 Å². The Kier molecular flexibility index (Phi) is 4.86. The molecule has 3 aliphatic heterocycles. The quantitative estimate of drug-likeness (QED) is 0.723. The third-order valence-corrected chi connectivity index (χ3v) is 6.18. The third kappa shape index (κ3) is 3.53. The fraction of sp³-hybridized carbons (Fsp3) is 0.348. The molecular formula is C23H24N4O4. The van der Waals surface area contributed by atoms with E-state index in [4.69, 9.17) is 10.5 Å². The van der Waals surface area contributed by atoms with Crippen molar-refractivity contribution in [1.29, 1.82) is 0 Å². The lowest BCUT2D eigenvalue weighted by Crippen LogP contribution is -2.52. The zero-order valence-electron chi connectivity index (χ0n) is 17.1. The number of ether oxygens (including phenoxy) is 1. The van der Waals surface area contributed by atoms with Gasteiger partial charge in [-0.2, -0.15) is 0 Å². The van der Waals surface area contributed by atoms with Crippen LogP contribution in [0.4, 0.5) is 5.69 Å². The van der Waals surface area contributed by atoms with Crippen molar-refractivity contribution >= 4 is 23.4 Å². The average molecular weight is 420 g/mol. The first-order chi connectivity index (χ1) is 15.0. The van der Waals surface area contributed by atoms with Crippen LogP contribution in [0.25, 0.3) is 0 Å². The summed E-state index contributed by atoms with van der Waals surface area (Å²) in [4.78, 5) is 40.5. The number of benzene rings is 2. The molecule has 3 N–H and O–H groups in total. The molecule has 8 heteroatoms. The summed E-state index contributed by atoms with van der Waals surface area (Å²) in [5.41, 5.74) is 10.4. The van der Waals surface area contributed by atoms with Crippen LogP contribution < -0.4 is 20.7 Å². The number of nitrogens with one attached hydrogen (secondary N) is 1. The molecule has 0 spiro atoms. The molecule has 0 aliphatic carbocycles. The molecule has 8 nitrogen and oxygen atoms in total. The number of piperidine rings is 1. The van der Waals surface area contributed by atoms with Gasteiger partial charge in [0, 0.05) is 31.6 Å². The summed E-state index contributed by atoms with van der Waals surface area (Å²) in [6.07, 6.45) is 0.619. The molecule has 0 radical (unpaired) electrons. The van der Waals surface area contributed by atoms with Gasteiger partial charge in [-0.15, -0.1) is 0 Å². The summed E-state index contributed by atoms with van der Waals surface area (Å²) in [5.74, 6) is 0.0124. The van der Waals surface area contributed by atoms with E-state index in [-0.39, 0.29) is 18.2 Å². The SMILES string of the molecule is NCc1ccc2c(c1)N(Cc1ccc3c(c1)C(=O)N(C1CCC(=O)NC1=O)C3)CCO2. The van der Waals surface area contributed by atoms with E-state index in [0.717, 1.165) is 34.7 Å². The Morgan fingerprint density at radius 1 is 1.10 bits per heavy atom. The molecule has 2 aromatic carbocycles. The topological polar surface area (TPSA) is 105 Å².